The molecule has 0 aliphatic heterocycles. The summed E-state index contributed by atoms with van der Waals surface area (Å²) in [6.07, 6.45) is 0. The summed E-state index contributed by atoms with van der Waals surface area (Å²) >= 11 is 1.63. The molecule has 14 heavy (non-hydrogen) atoms. The van der Waals surface area contributed by atoms with Gasteiger partial charge in [-0.3, -0.25) is 4.79 Å². The van der Waals surface area contributed by atoms with Crippen molar-refractivity contribution in [1.29, 1.82) is 0 Å². The molecule has 1 unspecified atom stereocenters. The van der Waals surface area contributed by atoms with Gasteiger partial charge in [0.05, 0.1) is 18.4 Å². The molecule has 1 amide bonds. The molecule has 0 spiro atoms. The molecular weight excluding hydrogens is 198 g/mol. The van der Waals surface area contributed by atoms with Crippen LogP contribution >= 0.6 is 11.8 Å². The lowest BCUT2D eigenvalue weighted by molar-refractivity contribution is -0.129. The van der Waals surface area contributed by atoms with Gasteiger partial charge in [0.2, 0.25) is 5.91 Å². The molecule has 1 N–H and O–H groups in total. The maximum Gasteiger partial charge on any atom is 0.232 e. The lowest BCUT2D eigenvalue weighted by Gasteiger charge is -2.25. The van der Waals surface area contributed by atoms with Crippen LogP contribution in [0.4, 0.5) is 0 Å². The van der Waals surface area contributed by atoms with Crippen LogP contribution in [0.3, 0.4) is 0 Å². The van der Waals surface area contributed by atoms with Crippen molar-refractivity contribution in [2.24, 2.45) is 0 Å². The molecule has 0 saturated carbocycles. The lowest BCUT2D eigenvalue weighted by atomic mass is 10.3. The Labute approximate surface area is 90.9 Å². The summed E-state index contributed by atoms with van der Waals surface area (Å²) in [5, 5.41) is 8.88. The third-order valence-electron chi connectivity index (χ3n) is 1.95. The summed E-state index contributed by atoms with van der Waals surface area (Å²) in [5.41, 5.74) is 0. The summed E-state index contributed by atoms with van der Waals surface area (Å²) in [6.45, 7) is 8.10. The first-order valence-electron chi connectivity index (χ1n) is 4.78. The molecule has 0 aromatic rings. The number of hydrogen-bond donors (Lipinski definition) is 1. The second kappa shape index (κ2) is 5.61. The molecule has 0 aliphatic carbocycles. The second-order valence-corrected chi connectivity index (χ2v) is 6.24. The smallest absolute Gasteiger partial charge is 0.232 e. The number of thioether (sulfide) groups is 1. The van der Waals surface area contributed by atoms with E-state index < -0.39 is 0 Å². The number of carbonyl (C=O) groups is 1. The Morgan fingerprint density at radius 3 is 2.36 bits per heavy atom. The normalized spacial score (nSPS) is 13.9. The van der Waals surface area contributed by atoms with Gasteiger partial charge in [-0.1, -0.05) is 20.8 Å². The van der Waals surface area contributed by atoms with E-state index >= 15 is 0 Å². The van der Waals surface area contributed by atoms with Crippen LogP contribution in [0.1, 0.15) is 27.7 Å². The van der Waals surface area contributed by atoms with Gasteiger partial charge in [0.15, 0.2) is 0 Å². The van der Waals surface area contributed by atoms with Gasteiger partial charge < -0.3 is 10.0 Å². The molecule has 0 radical (unpaired) electrons. The fraction of sp³-hybridized carbons (Fsp3) is 0.900. The van der Waals surface area contributed by atoms with Gasteiger partial charge in [-0.25, -0.2) is 0 Å². The number of nitrogens with zero attached hydrogens (tertiary/aromatic N) is 1. The predicted octanol–water partition coefficient (Wildman–Crippen LogP) is 1.36. The molecule has 0 aliphatic rings. The van der Waals surface area contributed by atoms with Gasteiger partial charge >= 0.3 is 0 Å². The quantitative estimate of drug-likeness (QED) is 0.776. The van der Waals surface area contributed by atoms with Crippen LogP contribution < -0.4 is 0 Å². The van der Waals surface area contributed by atoms with Crippen molar-refractivity contribution in [3.8, 4) is 0 Å². The van der Waals surface area contributed by atoms with Crippen molar-refractivity contribution in [3.05, 3.63) is 0 Å². The molecule has 0 aromatic carbocycles. The number of amides is 1. The highest BCUT2D eigenvalue weighted by Crippen LogP contribution is 2.23. The van der Waals surface area contributed by atoms with Crippen molar-refractivity contribution in [3.63, 3.8) is 0 Å². The maximum absolute atomic E-state index is 11.6. The van der Waals surface area contributed by atoms with E-state index in [9.17, 15) is 4.79 Å². The Hall–Kier alpha value is -0.220. The molecule has 0 fully saturated rings. The third-order valence-corrected chi connectivity index (χ3v) is 3.20. The van der Waals surface area contributed by atoms with Crippen LogP contribution in [-0.4, -0.2) is 46.1 Å². The highest BCUT2D eigenvalue weighted by atomic mass is 32.2. The Kier molecular flexibility index (Phi) is 5.52. The molecule has 0 aromatic heterocycles. The van der Waals surface area contributed by atoms with Crippen molar-refractivity contribution < 1.29 is 9.90 Å². The van der Waals surface area contributed by atoms with E-state index in [-0.39, 0.29) is 23.3 Å². The van der Waals surface area contributed by atoms with Crippen LogP contribution in [0.5, 0.6) is 0 Å². The Bertz CT molecular complexity index is 189. The van der Waals surface area contributed by atoms with E-state index in [1.165, 1.54) is 0 Å². The van der Waals surface area contributed by atoms with Crippen molar-refractivity contribution in [2.75, 3.05) is 19.4 Å². The van der Waals surface area contributed by atoms with Crippen molar-refractivity contribution in [1.82, 2.24) is 4.90 Å². The summed E-state index contributed by atoms with van der Waals surface area (Å²) in [7, 11) is 1.73. The SMILES string of the molecule is CC(CO)N(C)C(=O)CSC(C)(C)C. The van der Waals surface area contributed by atoms with Crippen LogP contribution in [0.15, 0.2) is 0 Å². The highest BCUT2D eigenvalue weighted by Gasteiger charge is 2.18. The fourth-order valence-corrected chi connectivity index (χ4v) is 1.51. The Balaban J connectivity index is 3.97. The minimum absolute atomic E-state index is 0.0163. The van der Waals surface area contributed by atoms with Gasteiger partial charge in [-0.05, 0) is 6.92 Å². The molecule has 0 rings (SSSR count). The van der Waals surface area contributed by atoms with Crippen molar-refractivity contribution >= 4 is 17.7 Å². The van der Waals surface area contributed by atoms with Crippen LogP contribution in [0, 0.1) is 0 Å². The Morgan fingerprint density at radius 2 is 2.00 bits per heavy atom. The first-order chi connectivity index (χ1) is 6.28. The molecule has 1 atom stereocenters. The fourth-order valence-electron chi connectivity index (χ4n) is 0.748. The van der Waals surface area contributed by atoms with E-state index in [1.54, 1.807) is 23.7 Å². The summed E-state index contributed by atoms with van der Waals surface area (Å²) in [6, 6.07) is -0.0944. The third kappa shape index (κ3) is 5.50. The summed E-state index contributed by atoms with van der Waals surface area (Å²) in [4.78, 5) is 13.2. The van der Waals surface area contributed by atoms with Gasteiger partial charge in [0.1, 0.15) is 0 Å². The van der Waals surface area contributed by atoms with E-state index in [0.29, 0.717) is 5.75 Å². The van der Waals surface area contributed by atoms with Gasteiger partial charge in [-0.15, -0.1) is 11.8 Å². The summed E-state index contributed by atoms with van der Waals surface area (Å²) in [5.74, 6) is 0.552. The summed E-state index contributed by atoms with van der Waals surface area (Å²) < 4.78 is 0.110. The topological polar surface area (TPSA) is 40.5 Å². The first-order valence-corrected chi connectivity index (χ1v) is 5.77. The zero-order valence-corrected chi connectivity index (χ0v) is 10.5. The van der Waals surface area contributed by atoms with E-state index in [1.807, 2.05) is 6.92 Å². The number of rotatable bonds is 4. The van der Waals surface area contributed by atoms with Gasteiger partial charge in [0.25, 0.3) is 0 Å². The molecule has 0 bridgehead atoms. The number of hydrogen-bond acceptors (Lipinski definition) is 3. The molecule has 0 heterocycles. The van der Waals surface area contributed by atoms with Crippen molar-refractivity contribution in [2.45, 2.75) is 38.5 Å². The van der Waals surface area contributed by atoms with Gasteiger partial charge in [0, 0.05) is 11.8 Å². The molecule has 3 nitrogen and oxygen atoms in total. The average molecular weight is 219 g/mol. The standard InChI is InChI=1S/C10H21NO2S/c1-8(6-12)11(5)9(13)7-14-10(2,3)4/h8,12H,6-7H2,1-5H3. The largest absolute Gasteiger partial charge is 0.394 e. The second-order valence-electron chi connectivity index (χ2n) is 4.44. The lowest BCUT2D eigenvalue weighted by Crippen LogP contribution is -2.38. The van der Waals surface area contributed by atoms with E-state index in [4.69, 9.17) is 5.11 Å². The first kappa shape index (κ1) is 13.8. The Morgan fingerprint density at radius 1 is 1.50 bits per heavy atom. The molecule has 4 heteroatoms. The van der Waals surface area contributed by atoms with Crippen LogP contribution in [0.25, 0.3) is 0 Å². The molecule has 0 saturated heterocycles. The maximum atomic E-state index is 11.6. The average Bonchev–Trinajstić information content (AvgIpc) is 2.10. The number of aliphatic hydroxyl groups is 1. The number of aliphatic hydroxyl groups excluding tert-OH is 1. The van der Waals surface area contributed by atoms with E-state index in [0.717, 1.165) is 0 Å². The molecule has 84 valence electrons. The predicted molar refractivity (Wildman–Crippen MR) is 61.5 cm³/mol. The van der Waals surface area contributed by atoms with Crippen LogP contribution in [0.2, 0.25) is 0 Å². The number of carbonyl (C=O) groups excluding carboxylic acids is 1. The zero-order valence-electron chi connectivity index (χ0n) is 9.70. The van der Waals surface area contributed by atoms with Gasteiger partial charge in [-0.2, -0.15) is 0 Å². The van der Waals surface area contributed by atoms with Crippen LogP contribution in [-0.2, 0) is 4.79 Å². The monoisotopic (exact) mass is 219 g/mol. The highest BCUT2D eigenvalue weighted by molar-refractivity contribution is 8.01. The van der Waals surface area contributed by atoms with E-state index in [2.05, 4.69) is 20.8 Å². The minimum Gasteiger partial charge on any atom is -0.394 e. The zero-order chi connectivity index (χ0) is 11.4. The minimum atomic E-state index is -0.0944. The molecular formula is C10H21NO2S. The number of likely N-dealkylation sites (N-methyl/N-ethyl adjacent to an activating group) is 1.